The molecular weight excluding hydrogens is 194 g/mol. The molecule has 0 aliphatic rings. The molecular formula is C10H15N3O2. The highest BCUT2D eigenvalue weighted by molar-refractivity contribution is 5.96. The number of methoxy groups -OCH3 is 1. The molecule has 0 unspecified atom stereocenters. The lowest BCUT2D eigenvalue weighted by Gasteiger charge is -2.16. The zero-order chi connectivity index (χ0) is 11.3. The van der Waals surface area contributed by atoms with Gasteiger partial charge in [-0.2, -0.15) is 0 Å². The van der Waals surface area contributed by atoms with Crippen LogP contribution in [0, 0.1) is 0 Å². The Morgan fingerprint density at radius 2 is 2.40 bits per heavy atom. The molecule has 0 bridgehead atoms. The number of nitrogens with two attached hydrogens (primary N) is 1. The fourth-order valence-electron chi connectivity index (χ4n) is 1.11. The highest BCUT2D eigenvalue weighted by Gasteiger charge is 2.14. The molecule has 1 heterocycles. The van der Waals surface area contributed by atoms with Gasteiger partial charge in [0.1, 0.15) is 0 Å². The van der Waals surface area contributed by atoms with E-state index in [1.165, 1.54) is 4.90 Å². The second-order valence-electron chi connectivity index (χ2n) is 3.16. The van der Waals surface area contributed by atoms with Gasteiger partial charge < -0.3 is 15.4 Å². The maximum atomic E-state index is 11.8. The normalized spacial score (nSPS) is 10.0. The predicted octanol–water partition coefficient (Wildman–Crippen LogP) is 0.382. The SMILES string of the molecule is COCCN(C)C(=O)c1ncccc1N. The number of rotatable bonds is 4. The van der Waals surface area contributed by atoms with Crippen LogP contribution in [0.1, 0.15) is 10.5 Å². The van der Waals surface area contributed by atoms with Crippen molar-refractivity contribution in [2.24, 2.45) is 0 Å². The number of likely N-dealkylation sites (N-methyl/N-ethyl adjacent to an activating group) is 1. The van der Waals surface area contributed by atoms with E-state index in [1.54, 1.807) is 32.5 Å². The standard InChI is InChI=1S/C10H15N3O2/c1-13(6-7-15-2)10(14)9-8(11)4-3-5-12-9/h3-5H,6-7,11H2,1-2H3. The summed E-state index contributed by atoms with van der Waals surface area (Å²) in [6.45, 7) is 1.01. The Kier molecular flexibility index (Phi) is 4.05. The molecule has 2 N–H and O–H groups in total. The van der Waals surface area contributed by atoms with Crippen molar-refractivity contribution >= 4 is 11.6 Å². The van der Waals surface area contributed by atoms with Crippen LogP contribution in [-0.4, -0.2) is 43.1 Å². The Labute approximate surface area is 88.9 Å². The number of amides is 1. The average molecular weight is 209 g/mol. The molecule has 0 aliphatic heterocycles. The van der Waals surface area contributed by atoms with Crippen molar-refractivity contribution in [2.45, 2.75) is 0 Å². The second kappa shape index (κ2) is 5.31. The van der Waals surface area contributed by atoms with E-state index in [-0.39, 0.29) is 11.6 Å². The van der Waals surface area contributed by atoms with Gasteiger partial charge >= 0.3 is 0 Å². The second-order valence-corrected chi connectivity index (χ2v) is 3.16. The lowest BCUT2D eigenvalue weighted by atomic mass is 10.3. The van der Waals surface area contributed by atoms with Crippen molar-refractivity contribution in [3.63, 3.8) is 0 Å². The molecule has 82 valence electrons. The van der Waals surface area contributed by atoms with Crippen LogP contribution in [0.15, 0.2) is 18.3 Å². The molecule has 1 amide bonds. The fraction of sp³-hybridized carbons (Fsp3) is 0.400. The Morgan fingerprint density at radius 1 is 1.67 bits per heavy atom. The van der Waals surface area contributed by atoms with E-state index < -0.39 is 0 Å². The van der Waals surface area contributed by atoms with E-state index in [1.807, 2.05) is 0 Å². The van der Waals surface area contributed by atoms with Crippen LogP contribution >= 0.6 is 0 Å². The van der Waals surface area contributed by atoms with Crippen LogP contribution in [0.3, 0.4) is 0 Å². The third-order valence-electron chi connectivity index (χ3n) is 2.02. The van der Waals surface area contributed by atoms with Crippen LogP contribution in [0.4, 0.5) is 5.69 Å². The topological polar surface area (TPSA) is 68.5 Å². The van der Waals surface area contributed by atoms with Gasteiger partial charge in [-0.25, -0.2) is 4.98 Å². The molecule has 1 rings (SSSR count). The number of carbonyl (C=O) groups is 1. The number of pyridine rings is 1. The molecule has 0 radical (unpaired) electrons. The minimum absolute atomic E-state index is 0.190. The summed E-state index contributed by atoms with van der Waals surface area (Å²) in [5.41, 5.74) is 6.33. The number of carbonyl (C=O) groups excluding carboxylic acids is 1. The lowest BCUT2D eigenvalue weighted by Crippen LogP contribution is -2.31. The summed E-state index contributed by atoms with van der Waals surface area (Å²) in [5, 5.41) is 0. The minimum Gasteiger partial charge on any atom is -0.397 e. The van der Waals surface area contributed by atoms with E-state index in [0.29, 0.717) is 18.8 Å². The van der Waals surface area contributed by atoms with Crippen LogP contribution in [0.2, 0.25) is 0 Å². The Balaban J connectivity index is 2.72. The van der Waals surface area contributed by atoms with Crippen molar-refractivity contribution in [1.29, 1.82) is 0 Å². The van der Waals surface area contributed by atoms with Gasteiger partial charge in [0.15, 0.2) is 5.69 Å². The highest BCUT2D eigenvalue weighted by atomic mass is 16.5. The summed E-state index contributed by atoms with van der Waals surface area (Å²) in [6, 6.07) is 3.35. The molecule has 5 heteroatoms. The van der Waals surface area contributed by atoms with Crippen LogP contribution in [0.25, 0.3) is 0 Å². The van der Waals surface area contributed by atoms with Gasteiger partial charge in [-0.05, 0) is 12.1 Å². The number of anilines is 1. The summed E-state index contributed by atoms with van der Waals surface area (Å²) >= 11 is 0. The molecule has 15 heavy (non-hydrogen) atoms. The zero-order valence-corrected chi connectivity index (χ0v) is 8.93. The molecule has 0 fully saturated rings. The van der Waals surface area contributed by atoms with Crippen molar-refractivity contribution in [3.8, 4) is 0 Å². The third kappa shape index (κ3) is 2.92. The van der Waals surface area contributed by atoms with Crippen molar-refractivity contribution < 1.29 is 9.53 Å². The van der Waals surface area contributed by atoms with Gasteiger partial charge in [0.05, 0.1) is 12.3 Å². The molecule has 0 spiro atoms. The maximum absolute atomic E-state index is 11.8. The van der Waals surface area contributed by atoms with Gasteiger partial charge in [-0.15, -0.1) is 0 Å². The van der Waals surface area contributed by atoms with Gasteiger partial charge in [0.2, 0.25) is 0 Å². The van der Waals surface area contributed by atoms with Crippen molar-refractivity contribution in [2.75, 3.05) is 33.0 Å². The first-order valence-corrected chi connectivity index (χ1v) is 4.61. The van der Waals surface area contributed by atoms with E-state index in [2.05, 4.69) is 4.98 Å². The van der Waals surface area contributed by atoms with Crippen molar-refractivity contribution in [3.05, 3.63) is 24.0 Å². The highest BCUT2D eigenvalue weighted by Crippen LogP contribution is 2.09. The summed E-state index contributed by atoms with van der Waals surface area (Å²) in [5.74, 6) is -0.190. The molecule has 0 atom stereocenters. The number of hydrogen-bond acceptors (Lipinski definition) is 4. The lowest BCUT2D eigenvalue weighted by molar-refractivity contribution is 0.0739. The average Bonchev–Trinajstić information content (AvgIpc) is 2.25. The number of hydrogen-bond donors (Lipinski definition) is 1. The minimum atomic E-state index is -0.190. The monoisotopic (exact) mass is 209 g/mol. The number of nitrogen functional groups attached to an aromatic ring is 1. The molecule has 0 aromatic carbocycles. The quantitative estimate of drug-likeness (QED) is 0.778. The number of nitrogens with zero attached hydrogens (tertiary/aromatic N) is 2. The first-order chi connectivity index (χ1) is 7.16. The van der Waals surface area contributed by atoms with Gasteiger partial charge in [0, 0.05) is 26.9 Å². The summed E-state index contributed by atoms with van der Waals surface area (Å²) in [7, 11) is 3.28. The van der Waals surface area contributed by atoms with E-state index in [4.69, 9.17) is 10.5 Å². The Morgan fingerprint density at radius 3 is 3.00 bits per heavy atom. The van der Waals surface area contributed by atoms with Gasteiger partial charge in [0.25, 0.3) is 5.91 Å². The summed E-state index contributed by atoms with van der Waals surface area (Å²) in [6.07, 6.45) is 1.55. The number of aromatic nitrogens is 1. The van der Waals surface area contributed by atoms with Crippen LogP contribution in [0.5, 0.6) is 0 Å². The smallest absolute Gasteiger partial charge is 0.274 e. The van der Waals surface area contributed by atoms with Crippen LogP contribution < -0.4 is 5.73 Å². The largest absolute Gasteiger partial charge is 0.397 e. The first kappa shape index (κ1) is 11.5. The zero-order valence-electron chi connectivity index (χ0n) is 8.93. The number of ether oxygens (including phenoxy) is 1. The molecule has 0 aliphatic carbocycles. The van der Waals surface area contributed by atoms with Crippen molar-refractivity contribution in [1.82, 2.24) is 9.88 Å². The Bertz CT molecular complexity index is 341. The van der Waals surface area contributed by atoms with E-state index in [9.17, 15) is 4.79 Å². The molecule has 0 saturated carbocycles. The first-order valence-electron chi connectivity index (χ1n) is 4.61. The molecule has 0 saturated heterocycles. The van der Waals surface area contributed by atoms with Crippen LogP contribution in [-0.2, 0) is 4.74 Å². The predicted molar refractivity (Wildman–Crippen MR) is 57.5 cm³/mol. The third-order valence-corrected chi connectivity index (χ3v) is 2.02. The van der Waals surface area contributed by atoms with E-state index in [0.717, 1.165) is 0 Å². The molecule has 1 aromatic rings. The van der Waals surface area contributed by atoms with E-state index >= 15 is 0 Å². The van der Waals surface area contributed by atoms with Gasteiger partial charge in [-0.1, -0.05) is 0 Å². The maximum Gasteiger partial charge on any atom is 0.274 e. The summed E-state index contributed by atoms with van der Waals surface area (Å²) in [4.78, 5) is 17.3. The molecule has 5 nitrogen and oxygen atoms in total. The van der Waals surface area contributed by atoms with Gasteiger partial charge in [-0.3, -0.25) is 4.79 Å². The summed E-state index contributed by atoms with van der Waals surface area (Å²) < 4.78 is 4.88. The fourth-order valence-corrected chi connectivity index (χ4v) is 1.11. The Hall–Kier alpha value is -1.62. The molecule has 1 aromatic heterocycles.